The third-order valence-electron chi connectivity index (χ3n) is 7.61. The Morgan fingerprint density at radius 2 is 1.20 bits per heavy atom. The lowest BCUT2D eigenvalue weighted by Crippen LogP contribution is -2.55. The first-order valence-electron chi connectivity index (χ1n) is 13.5. The molecule has 40 heavy (non-hydrogen) atoms. The maximum atomic E-state index is 15.1. The van der Waals surface area contributed by atoms with Crippen LogP contribution in [0.3, 0.4) is 0 Å². The quantitative estimate of drug-likeness (QED) is 0.230. The highest BCUT2D eigenvalue weighted by molar-refractivity contribution is 7.99. The number of para-hydroxylation sites is 1. The molecule has 4 heteroatoms. The Hall–Kier alpha value is -4.54. The van der Waals surface area contributed by atoms with E-state index >= 15 is 4.79 Å². The molecule has 0 aromatic heterocycles. The van der Waals surface area contributed by atoms with Crippen molar-refractivity contribution in [2.75, 3.05) is 4.90 Å². The molecule has 2 heterocycles. The van der Waals surface area contributed by atoms with Gasteiger partial charge in [0, 0.05) is 27.7 Å². The molecule has 0 bridgehead atoms. The lowest BCUT2D eigenvalue weighted by atomic mass is 9.87. The van der Waals surface area contributed by atoms with E-state index in [9.17, 15) is 0 Å². The van der Waals surface area contributed by atoms with Gasteiger partial charge in [0.1, 0.15) is 5.76 Å². The van der Waals surface area contributed by atoms with Crippen LogP contribution in [-0.2, 0) is 15.3 Å². The van der Waals surface area contributed by atoms with E-state index in [2.05, 4.69) is 42.5 Å². The summed E-state index contributed by atoms with van der Waals surface area (Å²) in [5.41, 5.74) is 4.23. The second kappa shape index (κ2) is 10.2. The number of carbonyl (C=O) groups excluding carboxylic acids is 1. The van der Waals surface area contributed by atoms with Crippen LogP contribution in [0.25, 0.3) is 11.3 Å². The molecule has 0 unspecified atom stereocenters. The molecule has 1 amide bonds. The highest BCUT2D eigenvalue weighted by Crippen LogP contribution is 2.57. The van der Waals surface area contributed by atoms with Gasteiger partial charge in [-0.1, -0.05) is 133 Å². The van der Waals surface area contributed by atoms with Crippen LogP contribution in [0.4, 0.5) is 5.69 Å². The fourth-order valence-electron chi connectivity index (χ4n) is 5.77. The number of anilines is 1. The number of benzene rings is 5. The average molecular weight is 538 g/mol. The number of fused-ring (bicyclic) bond motifs is 3. The van der Waals surface area contributed by atoms with Crippen LogP contribution in [0, 0.1) is 0 Å². The minimum Gasteiger partial charge on any atom is -0.462 e. The molecule has 2 aliphatic heterocycles. The third-order valence-corrected chi connectivity index (χ3v) is 8.93. The van der Waals surface area contributed by atoms with E-state index in [1.54, 1.807) is 11.8 Å². The van der Waals surface area contributed by atoms with Crippen LogP contribution in [0.2, 0.25) is 0 Å². The van der Waals surface area contributed by atoms with Crippen LogP contribution >= 0.6 is 11.8 Å². The fourth-order valence-corrected chi connectivity index (χ4v) is 7.12. The van der Waals surface area contributed by atoms with Crippen molar-refractivity contribution in [2.45, 2.75) is 22.3 Å². The highest BCUT2D eigenvalue weighted by atomic mass is 32.2. The number of ether oxygens (including phenoxy) is 1. The molecule has 0 aliphatic carbocycles. The fraction of sp³-hybridized carbons (Fsp3) is 0.0833. The van der Waals surface area contributed by atoms with E-state index in [1.165, 1.54) is 5.56 Å². The second-order valence-corrected chi connectivity index (χ2v) is 11.3. The molecule has 0 N–H and O–H groups in total. The third kappa shape index (κ3) is 4.12. The zero-order valence-corrected chi connectivity index (χ0v) is 22.6. The maximum absolute atomic E-state index is 15.1. The first-order valence-corrected chi connectivity index (χ1v) is 14.4. The van der Waals surface area contributed by atoms with Gasteiger partial charge in [-0.15, -0.1) is 11.8 Å². The number of amides is 1. The topological polar surface area (TPSA) is 29.5 Å². The number of nitrogens with zero attached hydrogens (tertiary/aromatic N) is 1. The van der Waals surface area contributed by atoms with Crippen molar-refractivity contribution in [3.63, 3.8) is 0 Å². The van der Waals surface area contributed by atoms with Gasteiger partial charge < -0.3 is 4.74 Å². The summed E-state index contributed by atoms with van der Waals surface area (Å²) >= 11 is 1.79. The zero-order valence-electron chi connectivity index (χ0n) is 21.8. The van der Waals surface area contributed by atoms with E-state index in [-0.39, 0.29) is 11.2 Å². The number of thioether (sulfide) groups is 1. The SMILES string of the molecule is O=C1C(c2ccccc2)=C(c2ccccc2)O[C@]2(c3ccccc3)C[C@H](c3ccccc3)Sc3ccccc3N12. The van der Waals surface area contributed by atoms with E-state index in [0.717, 1.165) is 27.3 Å². The molecular formula is C36H27NO2S. The number of carbonyl (C=O) groups is 1. The van der Waals surface area contributed by atoms with Crippen LogP contribution in [-0.4, -0.2) is 5.91 Å². The molecule has 5 aromatic carbocycles. The predicted molar refractivity (Wildman–Crippen MR) is 162 cm³/mol. The predicted octanol–water partition coefficient (Wildman–Crippen LogP) is 8.71. The van der Waals surface area contributed by atoms with Gasteiger partial charge >= 0.3 is 0 Å². The van der Waals surface area contributed by atoms with Crippen molar-refractivity contribution in [2.24, 2.45) is 0 Å². The molecule has 2 atom stereocenters. The minimum absolute atomic E-state index is 0.0515. The number of hydrogen-bond acceptors (Lipinski definition) is 3. The first-order chi connectivity index (χ1) is 19.7. The molecule has 7 rings (SSSR count). The van der Waals surface area contributed by atoms with Gasteiger partial charge in [0.25, 0.3) is 5.91 Å². The molecule has 2 aliphatic rings. The van der Waals surface area contributed by atoms with Crippen LogP contribution < -0.4 is 4.90 Å². The Morgan fingerprint density at radius 1 is 0.650 bits per heavy atom. The molecule has 0 spiro atoms. The molecule has 0 saturated heterocycles. The maximum Gasteiger partial charge on any atom is 0.266 e. The number of hydrogen-bond donors (Lipinski definition) is 0. The molecule has 3 nitrogen and oxygen atoms in total. The summed E-state index contributed by atoms with van der Waals surface area (Å²) in [6.45, 7) is 0. The van der Waals surface area contributed by atoms with Gasteiger partial charge in [0.15, 0.2) is 0 Å². The lowest BCUT2D eigenvalue weighted by Gasteiger charge is -2.48. The molecule has 194 valence electrons. The van der Waals surface area contributed by atoms with E-state index < -0.39 is 5.72 Å². The summed E-state index contributed by atoms with van der Waals surface area (Å²) in [5, 5.41) is 0.0515. The average Bonchev–Trinajstić information content (AvgIpc) is 3.18. The van der Waals surface area contributed by atoms with Crippen LogP contribution in [0.5, 0.6) is 0 Å². The van der Waals surface area contributed by atoms with E-state index in [0.29, 0.717) is 17.8 Å². The summed E-state index contributed by atoms with van der Waals surface area (Å²) in [4.78, 5) is 18.0. The minimum atomic E-state index is -1.07. The summed E-state index contributed by atoms with van der Waals surface area (Å²) < 4.78 is 7.35. The largest absolute Gasteiger partial charge is 0.462 e. The summed E-state index contributed by atoms with van der Waals surface area (Å²) in [6, 6.07) is 48.9. The van der Waals surface area contributed by atoms with Crippen molar-refractivity contribution in [3.8, 4) is 0 Å². The Morgan fingerprint density at radius 3 is 1.88 bits per heavy atom. The van der Waals surface area contributed by atoms with E-state index in [1.807, 2.05) is 108 Å². The standard InChI is InChI=1S/C36H27NO2S/c38-35-33(27-17-7-2-8-18-27)34(28-19-9-3-10-20-28)39-36(29-21-11-4-12-22-29)25-32(26-15-5-1-6-16-26)40-31-24-14-13-23-30(31)37(35)36/h1-24,32H,25H2/t32-,36+/m1/s1. The Labute approximate surface area is 238 Å². The van der Waals surface area contributed by atoms with Crippen molar-refractivity contribution in [1.82, 2.24) is 0 Å². The van der Waals surface area contributed by atoms with Gasteiger partial charge in [-0.2, -0.15) is 0 Å². The molecule has 0 fully saturated rings. The zero-order chi connectivity index (χ0) is 26.9. The van der Waals surface area contributed by atoms with Gasteiger partial charge in [0.05, 0.1) is 11.3 Å². The number of rotatable bonds is 4. The Bertz CT molecular complexity index is 1690. The van der Waals surface area contributed by atoms with Crippen molar-refractivity contribution in [1.29, 1.82) is 0 Å². The normalized spacial score (nSPS) is 20.2. The molecule has 5 aromatic rings. The summed E-state index contributed by atoms with van der Waals surface area (Å²) in [7, 11) is 0. The van der Waals surface area contributed by atoms with Crippen molar-refractivity contribution in [3.05, 3.63) is 168 Å². The van der Waals surface area contributed by atoms with Gasteiger partial charge in [0.2, 0.25) is 5.72 Å². The Kier molecular flexibility index (Phi) is 6.26. The molecule has 0 radical (unpaired) electrons. The van der Waals surface area contributed by atoms with E-state index in [4.69, 9.17) is 4.74 Å². The summed E-state index contributed by atoms with van der Waals surface area (Å²) in [6.07, 6.45) is 0.574. The lowest BCUT2D eigenvalue weighted by molar-refractivity contribution is -0.120. The second-order valence-electron chi connectivity index (χ2n) is 10.0. The summed E-state index contributed by atoms with van der Waals surface area (Å²) in [5.74, 6) is 0.537. The van der Waals surface area contributed by atoms with Crippen LogP contribution in [0.15, 0.2) is 150 Å². The first kappa shape index (κ1) is 24.5. The van der Waals surface area contributed by atoms with Gasteiger partial charge in [-0.3, -0.25) is 9.69 Å². The highest BCUT2D eigenvalue weighted by Gasteiger charge is 2.54. The van der Waals surface area contributed by atoms with Gasteiger partial charge in [-0.25, -0.2) is 0 Å². The van der Waals surface area contributed by atoms with Crippen LogP contribution in [0.1, 0.15) is 33.9 Å². The van der Waals surface area contributed by atoms with Gasteiger partial charge in [-0.05, 0) is 23.3 Å². The van der Waals surface area contributed by atoms with Crippen molar-refractivity contribution < 1.29 is 9.53 Å². The van der Waals surface area contributed by atoms with Crippen molar-refractivity contribution >= 4 is 34.7 Å². The Balaban J connectivity index is 1.55. The molecule has 0 saturated carbocycles. The smallest absolute Gasteiger partial charge is 0.266 e. The monoisotopic (exact) mass is 537 g/mol. The molecular weight excluding hydrogens is 510 g/mol.